The van der Waals surface area contributed by atoms with Crippen molar-refractivity contribution in [2.24, 2.45) is 0 Å². The molecule has 146 valence electrons. The third-order valence-electron chi connectivity index (χ3n) is 4.41. The van der Waals surface area contributed by atoms with Crippen LogP contribution in [-0.2, 0) is 14.3 Å². The highest BCUT2D eigenvalue weighted by Crippen LogP contribution is 2.14. The van der Waals surface area contributed by atoms with E-state index in [1.165, 1.54) is 11.6 Å². The number of hydrogen-bond donors (Lipinski definition) is 2. The van der Waals surface area contributed by atoms with Crippen molar-refractivity contribution < 1.29 is 14.3 Å². The summed E-state index contributed by atoms with van der Waals surface area (Å²) >= 11 is 0. The van der Waals surface area contributed by atoms with Gasteiger partial charge < -0.3 is 15.4 Å². The molecular formula is C22H25N3O3. The summed E-state index contributed by atoms with van der Waals surface area (Å²) < 4.78 is 5.28. The summed E-state index contributed by atoms with van der Waals surface area (Å²) in [7, 11) is 0. The van der Waals surface area contributed by atoms with Gasteiger partial charge in [-0.25, -0.2) is 0 Å². The van der Waals surface area contributed by atoms with Crippen molar-refractivity contribution in [3.05, 3.63) is 65.7 Å². The lowest BCUT2D eigenvalue weighted by molar-refractivity contribution is -0.118. The van der Waals surface area contributed by atoms with Crippen LogP contribution in [-0.4, -0.2) is 49.6 Å². The Hall–Kier alpha value is -2.96. The molecule has 28 heavy (non-hydrogen) atoms. The molecule has 0 aromatic heterocycles. The number of amides is 2. The Balaban J connectivity index is 1.47. The summed E-state index contributed by atoms with van der Waals surface area (Å²) in [5.74, 6) is -0.260. The third-order valence-corrected chi connectivity index (χ3v) is 4.41. The molecule has 2 N–H and O–H groups in total. The molecule has 6 heteroatoms. The van der Waals surface area contributed by atoms with E-state index < -0.39 is 0 Å². The van der Waals surface area contributed by atoms with E-state index in [1.807, 2.05) is 31.2 Å². The summed E-state index contributed by atoms with van der Waals surface area (Å²) in [5, 5.41) is 5.68. The Labute approximate surface area is 165 Å². The maximum Gasteiger partial charge on any atom is 0.248 e. The van der Waals surface area contributed by atoms with Crippen LogP contribution in [0.25, 0.3) is 6.08 Å². The lowest BCUT2D eigenvalue weighted by Crippen LogP contribution is -2.41. The number of morpholine rings is 1. The first-order valence-corrected chi connectivity index (χ1v) is 9.34. The lowest BCUT2D eigenvalue weighted by atomic mass is 10.1. The molecule has 1 fully saturated rings. The normalized spacial score (nSPS) is 14.8. The largest absolute Gasteiger partial charge is 0.379 e. The fraction of sp³-hybridized carbons (Fsp3) is 0.273. The smallest absolute Gasteiger partial charge is 0.248 e. The zero-order valence-corrected chi connectivity index (χ0v) is 16.0. The molecule has 1 aliphatic heterocycles. The molecule has 0 spiro atoms. The van der Waals surface area contributed by atoms with Gasteiger partial charge in [0.05, 0.1) is 19.8 Å². The van der Waals surface area contributed by atoms with Crippen molar-refractivity contribution in [2.45, 2.75) is 6.92 Å². The van der Waals surface area contributed by atoms with Crippen molar-refractivity contribution in [3.63, 3.8) is 0 Å². The summed E-state index contributed by atoms with van der Waals surface area (Å²) in [6.07, 6.45) is 3.28. The van der Waals surface area contributed by atoms with Gasteiger partial charge >= 0.3 is 0 Å². The molecule has 0 radical (unpaired) electrons. The molecule has 2 amide bonds. The van der Waals surface area contributed by atoms with Crippen molar-refractivity contribution >= 4 is 29.3 Å². The Morgan fingerprint density at radius 1 is 0.964 bits per heavy atom. The van der Waals surface area contributed by atoms with Crippen LogP contribution < -0.4 is 10.6 Å². The Morgan fingerprint density at radius 3 is 2.21 bits per heavy atom. The van der Waals surface area contributed by atoms with Crippen LogP contribution >= 0.6 is 0 Å². The minimum absolute atomic E-state index is 0.0558. The summed E-state index contributed by atoms with van der Waals surface area (Å²) in [6, 6.07) is 15.0. The quantitative estimate of drug-likeness (QED) is 0.757. The van der Waals surface area contributed by atoms with Gasteiger partial charge in [-0.15, -0.1) is 0 Å². The molecule has 1 saturated heterocycles. The molecule has 0 aliphatic carbocycles. The van der Waals surface area contributed by atoms with Gasteiger partial charge in [-0.3, -0.25) is 14.5 Å². The fourth-order valence-electron chi connectivity index (χ4n) is 2.83. The van der Waals surface area contributed by atoms with Crippen LogP contribution in [0.3, 0.4) is 0 Å². The molecule has 0 bridgehead atoms. The molecule has 1 aliphatic rings. The number of carbonyl (C=O) groups excluding carboxylic acids is 2. The van der Waals surface area contributed by atoms with Crippen LogP contribution in [0.2, 0.25) is 0 Å². The maximum absolute atomic E-state index is 12.1. The maximum atomic E-state index is 12.1. The Kier molecular flexibility index (Phi) is 6.94. The predicted octanol–water partition coefficient (Wildman–Crippen LogP) is 2.92. The first-order chi connectivity index (χ1) is 13.6. The summed E-state index contributed by atoms with van der Waals surface area (Å²) in [5.41, 5.74) is 3.52. The van der Waals surface area contributed by atoms with E-state index in [4.69, 9.17) is 4.74 Å². The van der Waals surface area contributed by atoms with Gasteiger partial charge in [-0.2, -0.15) is 0 Å². The third kappa shape index (κ3) is 6.33. The van der Waals surface area contributed by atoms with Gasteiger partial charge in [-0.1, -0.05) is 29.8 Å². The van der Waals surface area contributed by atoms with Crippen LogP contribution in [0.1, 0.15) is 11.1 Å². The number of nitrogens with zero attached hydrogens (tertiary/aromatic N) is 1. The number of benzene rings is 2. The van der Waals surface area contributed by atoms with Crippen molar-refractivity contribution in [1.29, 1.82) is 0 Å². The number of nitrogens with one attached hydrogen (secondary N) is 2. The van der Waals surface area contributed by atoms with E-state index in [9.17, 15) is 9.59 Å². The lowest BCUT2D eigenvalue weighted by Gasteiger charge is -2.25. The van der Waals surface area contributed by atoms with Gasteiger partial charge in [0.15, 0.2) is 0 Å². The van der Waals surface area contributed by atoms with E-state index >= 15 is 0 Å². The highest BCUT2D eigenvalue weighted by Gasteiger charge is 2.14. The number of ether oxygens (including phenoxy) is 1. The molecule has 2 aromatic carbocycles. The summed E-state index contributed by atoms with van der Waals surface area (Å²) in [4.78, 5) is 26.2. The van der Waals surface area contributed by atoms with Gasteiger partial charge in [0.1, 0.15) is 0 Å². The first kappa shape index (κ1) is 19.8. The Morgan fingerprint density at radius 2 is 1.57 bits per heavy atom. The van der Waals surface area contributed by atoms with E-state index in [2.05, 4.69) is 15.5 Å². The van der Waals surface area contributed by atoms with Crippen LogP contribution in [0.4, 0.5) is 11.4 Å². The first-order valence-electron chi connectivity index (χ1n) is 9.34. The Bertz CT molecular complexity index is 823. The fourth-order valence-corrected chi connectivity index (χ4v) is 2.83. The number of carbonyl (C=O) groups is 2. The second kappa shape index (κ2) is 9.82. The number of anilines is 2. The van der Waals surface area contributed by atoms with Crippen LogP contribution in [0.5, 0.6) is 0 Å². The molecule has 1 heterocycles. The number of hydrogen-bond acceptors (Lipinski definition) is 4. The SMILES string of the molecule is Cc1ccc(/C=C/C(=O)Nc2ccc(NC(=O)CN3CCOCC3)cc2)cc1. The molecule has 3 rings (SSSR count). The molecule has 0 atom stereocenters. The van der Waals surface area contributed by atoms with E-state index in [0.717, 1.165) is 18.7 Å². The number of rotatable bonds is 6. The van der Waals surface area contributed by atoms with E-state index in [-0.39, 0.29) is 11.8 Å². The van der Waals surface area contributed by atoms with Gasteiger partial charge in [-0.05, 0) is 42.8 Å². The zero-order chi connectivity index (χ0) is 19.8. The molecule has 0 saturated carbocycles. The van der Waals surface area contributed by atoms with Crippen molar-refractivity contribution in [1.82, 2.24) is 4.90 Å². The molecule has 2 aromatic rings. The van der Waals surface area contributed by atoms with Crippen molar-refractivity contribution in [2.75, 3.05) is 43.5 Å². The second-order valence-corrected chi connectivity index (χ2v) is 6.75. The molecular weight excluding hydrogens is 354 g/mol. The number of aryl methyl sites for hydroxylation is 1. The standard InChI is InChI=1S/C22H25N3O3/c1-17-2-4-18(5-3-17)6-11-21(26)23-19-7-9-20(10-8-19)24-22(27)16-25-12-14-28-15-13-25/h2-11H,12-16H2,1H3,(H,23,26)(H,24,27)/b11-6+. The topological polar surface area (TPSA) is 70.7 Å². The predicted molar refractivity (Wildman–Crippen MR) is 111 cm³/mol. The second-order valence-electron chi connectivity index (χ2n) is 6.75. The van der Waals surface area contributed by atoms with E-state index in [0.29, 0.717) is 31.1 Å². The van der Waals surface area contributed by atoms with Gasteiger partial charge in [0.25, 0.3) is 0 Å². The average Bonchev–Trinajstić information content (AvgIpc) is 2.70. The van der Waals surface area contributed by atoms with Crippen LogP contribution in [0.15, 0.2) is 54.6 Å². The highest BCUT2D eigenvalue weighted by atomic mass is 16.5. The summed E-state index contributed by atoms with van der Waals surface area (Å²) in [6.45, 7) is 5.25. The highest BCUT2D eigenvalue weighted by molar-refractivity contribution is 6.02. The van der Waals surface area contributed by atoms with E-state index in [1.54, 1.807) is 30.3 Å². The monoisotopic (exact) mass is 379 g/mol. The van der Waals surface area contributed by atoms with Crippen LogP contribution in [0, 0.1) is 6.92 Å². The molecule has 6 nitrogen and oxygen atoms in total. The minimum Gasteiger partial charge on any atom is -0.379 e. The zero-order valence-electron chi connectivity index (χ0n) is 16.0. The minimum atomic E-state index is -0.204. The van der Waals surface area contributed by atoms with Gasteiger partial charge in [0, 0.05) is 30.5 Å². The average molecular weight is 379 g/mol. The molecule has 0 unspecified atom stereocenters. The van der Waals surface area contributed by atoms with Gasteiger partial charge in [0.2, 0.25) is 11.8 Å². The van der Waals surface area contributed by atoms with Crippen molar-refractivity contribution in [3.8, 4) is 0 Å².